The summed E-state index contributed by atoms with van der Waals surface area (Å²) in [5.41, 5.74) is 5.76. The number of carbonyl (C=O) groups is 2. The molecular formula is C10H11NO4. The highest BCUT2D eigenvalue weighted by molar-refractivity contribution is 5.91. The third-order valence-corrected chi connectivity index (χ3v) is 1.74. The molecular weight excluding hydrogens is 198 g/mol. The van der Waals surface area contributed by atoms with Gasteiger partial charge in [0.2, 0.25) is 0 Å². The van der Waals surface area contributed by atoms with Crippen molar-refractivity contribution in [2.75, 3.05) is 6.61 Å². The molecule has 0 aliphatic rings. The van der Waals surface area contributed by atoms with Crippen molar-refractivity contribution in [1.29, 1.82) is 0 Å². The van der Waals surface area contributed by atoms with Crippen LogP contribution in [0.15, 0.2) is 18.2 Å². The van der Waals surface area contributed by atoms with Crippen LogP contribution in [0.2, 0.25) is 0 Å². The normalized spacial score (nSPS) is 9.67. The molecule has 0 bridgehead atoms. The van der Waals surface area contributed by atoms with E-state index < -0.39 is 11.9 Å². The van der Waals surface area contributed by atoms with E-state index in [9.17, 15) is 9.59 Å². The molecule has 0 atom stereocenters. The molecule has 0 aromatic heterocycles. The average molecular weight is 209 g/mol. The predicted octanol–water partition coefficient (Wildman–Crippen LogP) is 0.557. The van der Waals surface area contributed by atoms with Crippen LogP contribution in [0.5, 0.6) is 5.75 Å². The van der Waals surface area contributed by atoms with Gasteiger partial charge in [0.05, 0.1) is 0 Å². The molecule has 0 heterocycles. The fraction of sp³-hybridized carbons (Fsp3) is 0.200. The van der Waals surface area contributed by atoms with Crippen LogP contribution in [-0.4, -0.2) is 23.6 Å². The zero-order valence-corrected chi connectivity index (χ0v) is 8.19. The van der Waals surface area contributed by atoms with E-state index in [1.54, 1.807) is 19.1 Å². The summed E-state index contributed by atoms with van der Waals surface area (Å²) >= 11 is 0. The van der Waals surface area contributed by atoms with E-state index in [0.29, 0.717) is 0 Å². The van der Waals surface area contributed by atoms with Gasteiger partial charge in [-0.2, -0.15) is 0 Å². The molecule has 1 amide bonds. The van der Waals surface area contributed by atoms with Gasteiger partial charge < -0.3 is 15.6 Å². The molecule has 0 aliphatic carbocycles. The van der Waals surface area contributed by atoms with Gasteiger partial charge in [0.1, 0.15) is 11.3 Å². The molecule has 0 fully saturated rings. The summed E-state index contributed by atoms with van der Waals surface area (Å²) in [5, 5.41) is 8.83. The lowest BCUT2D eigenvalue weighted by Crippen LogP contribution is -2.20. The molecule has 80 valence electrons. The number of benzene rings is 1. The Bertz CT molecular complexity index is 400. The molecule has 1 aromatic carbocycles. The number of hydrogen-bond acceptors (Lipinski definition) is 3. The number of primary amides is 1. The first-order chi connectivity index (χ1) is 7.00. The summed E-state index contributed by atoms with van der Waals surface area (Å²) in [6, 6.07) is 4.63. The second-order valence-electron chi connectivity index (χ2n) is 3.06. The fourth-order valence-electron chi connectivity index (χ4n) is 1.07. The molecule has 0 saturated heterocycles. The number of ether oxygens (including phenoxy) is 1. The smallest absolute Gasteiger partial charge is 0.339 e. The molecule has 0 spiro atoms. The maximum absolute atomic E-state index is 10.8. The molecule has 0 aliphatic heterocycles. The summed E-state index contributed by atoms with van der Waals surface area (Å²) in [7, 11) is 0. The van der Waals surface area contributed by atoms with E-state index in [1.165, 1.54) is 6.07 Å². The Morgan fingerprint density at radius 3 is 2.67 bits per heavy atom. The van der Waals surface area contributed by atoms with Gasteiger partial charge in [-0.1, -0.05) is 6.07 Å². The molecule has 5 nitrogen and oxygen atoms in total. The first-order valence-corrected chi connectivity index (χ1v) is 4.25. The van der Waals surface area contributed by atoms with Crippen LogP contribution in [0.25, 0.3) is 0 Å². The van der Waals surface area contributed by atoms with Crippen LogP contribution >= 0.6 is 0 Å². The summed E-state index contributed by atoms with van der Waals surface area (Å²) in [6.07, 6.45) is 0. The largest absolute Gasteiger partial charge is 0.483 e. The Labute approximate surface area is 86.5 Å². The van der Waals surface area contributed by atoms with Gasteiger partial charge in [-0.15, -0.1) is 0 Å². The van der Waals surface area contributed by atoms with Crippen molar-refractivity contribution in [2.45, 2.75) is 6.92 Å². The molecule has 1 rings (SSSR count). The number of hydrogen-bond donors (Lipinski definition) is 2. The number of carboxylic acid groups (broad SMARTS) is 1. The van der Waals surface area contributed by atoms with Crippen molar-refractivity contribution < 1.29 is 19.4 Å². The summed E-state index contributed by atoms with van der Waals surface area (Å²) in [5.74, 6) is -1.59. The third-order valence-electron chi connectivity index (χ3n) is 1.74. The molecule has 3 N–H and O–H groups in total. The number of aryl methyl sites for hydroxylation is 1. The van der Waals surface area contributed by atoms with E-state index in [0.717, 1.165) is 5.56 Å². The van der Waals surface area contributed by atoms with E-state index in [-0.39, 0.29) is 17.9 Å². The molecule has 15 heavy (non-hydrogen) atoms. The second-order valence-corrected chi connectivity index (χ2v) is 3.06. The van der Waals surface area contributed by atoms with Crippen molar-refractivity contribution >= 4 is 11.9 Å². The van der Waals surface area contributed by atoms with Crippen molar-refractivity contribution in [3.05, 3.63) is 29.3 Å². The van der Waals surface area contributed by atoms with Gasteiger partial charge in [-0.25, -0.2) is 4.79 Å². The van der Waals surface area contributed by atoms with Gasteiger partial charge in [-0.05, 0) is 24.6 Å². The minimum absolute atomic E-state index is 0.0156. The number of carboxylic acids is 1. The van der Waals surface area contributed by atoms with Crippen LogP contribution in [0.4, 0.5) is 0 Å². The second kappa shape index (κ2) is 4.45. The predicted molar refractivity (Wildman–Crippen MR) is 52.8 cm³/mol. The lowest BCUT2D eigenvalue weighted by molar-refractivity contribution is -0.119. The van der Waals surface area contributed by atoms with Gasteiger partial charge in [0.15, 0.2) is 6.61 Å². The van der Waals surface area contributed by atoms with Crippen LogP contribution in [-0.2, 0) is 4.79 Å². The Morgan fingerprint density at radius 1 is 1.47 bits per heavy atom. The first-order valence-electron chi connectivity index (χ1n) is 4.25. The van der Waals surface area contributed by atoms with Gasteiger partial charge in [0.25, 0.3) is 5.91 Å². The molecule has 1 aromatic rings. The average Bonchev–Trinajstić information content (AvgIpc) is 2.14. The minimum atomic E-state index is -1.10. The van der Waals surface area contributed by atoms with Crippen molar-refractivity contribution in [2.24, 2.45) is 5.73 Å². The van der Waals surface area contributed by atoms with E-state index >= 15 is 0 Å². The Balaban J connectivity index is 2.96. The lowest BCUT2D eigenvalue weighted by Gasteiger charge is -2.07. The molecule has 0 unspecified atom stereocenters. The monoisotopic (exact) mass is 209 g/mol. The highest BCUT2D eigenvalue weighted by atomic mass is 16.5. The molecule has 5 heteroatoms. The fourth-order valence-corrected chi connectivity index (χ4v) is 1.07. The van der Waals surface area contributed by atoms with Crippen molar-refractivity contribution in [3.63, 3.8) is 0 Å². The number of nitrogens with two attached hydrogens (primary N) is 1. The van der Waals surface area contributed by atoms with Crippen molar-refractivity contribution in [1.82, 2.24) is 0 Å². The molecule has 0 radical (unpaired) electrons. The lowest BCUT2D eigenvalue weighted by atomic mass is 10.1. The van der Waals surface area contributed by atoms with E-state index in [2.05, 4.69) is 0 Å². The van der Waals surface area contributed by atoms with Crippen LogP contribution in [0.1, 0.15) is 15.9 Å². The maximum atomic E-state index is 10.8. The highest BCUT2D eigenvalue weighted by Crippen LogP contribution is 2.20. The van der Waals surface area contributed by atoms with Crippen molar-refractivity contribution in [3.8, 4) is 5.75 Å². The quantitative estimate of drug-likeness (QED) is 0.758. The number of carbonyl (C=O) groups excluding carboxylic acids is 1. The maximum Gasteiger partial charge on any atom is 0.339 e. The topological polar surface area (TPSA) is 89.6 Å². The molecule has 0 saturated carbocycles. The number of amides is 1. The Morgan fingerprint density at radius 2 is 2.13 bits per heavy atom. The summed E-state index contributed by atoms with van der Waals surface area (Å²) in [6.45, 7) is 1.46. The van der Waals surface area contributed by atoms with Crippen LogP contribution in [0, 0.1) is 6.92 Å². The Hall–Kier alpha value is -2.04. The van der Waals surface area contributed by atoms with Gasteiger partial charge in [-0.3, -0.25) is 4.79 Å². The van der Waals surface area contributed by atoms with Gasteiger partial charge in [0, 0.05) is 0 Å². The van der Waals surface area contributed by atoms with E-state index in [1.807, 2.05) is 0 Å². The summed E-state index contributed by atoms with van der Waals surface area (Å²) in [4.78, 5) is 21.3. The standard InChI is InChI=1S/C10H11NO4/c1-6-2-3-7(10(13)14)8(4-6)15-5-9(11)12/h2-4H,5H2,1H3,(H2,11,12)(H,13,14). The van der Waals surface area contributed by atoms with Gasteiger partial charge >= 0.3 is 5.97 Å². The first kappa shape index (κ1) is 11.0. The third kappa shape index (κ3) is 2.98. The SMILES string of the molecule is Cc1ccc(C(=O)O)c(OCC(N)=O)c1. The highest BCUT2D eigenvalue weighted by Gasteiger charge is 2.11. The van der Waals surface area contributed by atoms with Crippen LogP contribution < -0.4 is 10.5 Å². The summed E-state index contributed by atoms with van der Waals surface area (Å²) < 4.78 is 4.99. The zero-order valence-electron chi connectivity index (χ0n) is 8.19. The number of rotatable bonds is 4. The number of aromatic carboxylic acids is 1. The van der Waals surface area contributed by atoms with E-state index in [4.69, 9.17) is 15.6 Å². The zero-order chi connectivity index (χ0) is 11.4. The Kier molecular flexibility index (Phi) is 3.28. The minimum Gasteiger partial charge on any atom is -0.483 e. The van der Waals surface area contributed by atoms with Crippen LogP contribution in [0.3, 0.4) is 0 Å².